The van der Waals surface area contributed by atoms with E-state index in [0.29, 0.717) is 18.7 Å². The molecule has 0 saturated carbocycles. The smallest absolute Gasteiger partial charge is 0.358 e. The molecule has 21 heavy (non-hydrogen) atoms. The van der Waals surface area contributed by atoms with Crippen LogP contribution in [0.2, 0.25) is 0 Å². The lowest BCUT2D eigenvalue weighted by atomic mass is 10.2. The minimum atomic E-state index is -1.21. The second-order valence-electron chi connectivity index (χ2n) is 4.00. The van der Waals surface area contributed by atoms with Gasteiger partial charge >= 0.3 is 12.0 Å². The van der Waals surface area contributed by atoms with E-state index >= 15 is 0 Å². The number of imide groups is 1. The lowest BCUT2D eigenvalue weighted by Crippen LogP contribution is -2.42. The largest absolute Gasteiger partial charge is 0.476 e. The third kappa shape index (κ3) is 4.84. The number of carbonyl (C=O) groups excluding carboxylic acids is 2. The second kappa shape index (κ2) is 7.94. The Hall–Kier alpha value is -2.49. The number of aromatic carboxylic acids is 1. The number of amides is 3. The predicted octanol–water partition coefficient (Wildman–Crippen LogP) is -0.989. The standard InChI is InChI=1S/C11H17N5O5/c1-3-7-9(10(18)19)14-15-16(7)6-8(17)13-11(20)12-4-5-21-2/h3-6H2,1-2H3,(H,18,19)(H2,12,13,17,20). The number of methoxy groups -OCH3 is 1. The minimum Gasteiger partial charge on any atom is -0.476 e. The van der Waals surface area contributed by atoms with E-state index in [9.17, 15) is 14.4 Å². The van der Waals surface area contributed by atoms with E-state index in [0.717, 1.165) is 4.68 Å². The second-order valence-corrected chi connectivity index (χ2v) is 4.00. The number of hydrogen-bond acceptors (Lipinski definition) is 6. The van der Waals surface area contributed by atoms with Gasteiger partial charge in [0, 0.05) is 13.7 Å². The Morgan fingerprint density at radius 1 is 1.38 bits per heavy atom. The van der Waals surface area contributed by atoms with Crippen LogP contribution in [0.5, 0.6) is 0 Å². The van der Waals surface area contributed by atoms with E-state index in [1.807, 2.05) is 0 Å². The predicted molar refractivity (Wildman–Crippen MR) is 69.8 cm³/mol. The number of urea groups is 1. The van der Waals surface area contributed by atoms with Gasteiger partial charge in [0.1, 0.15) is 6.54 Å². The summed E-state index contributed by atoms with van der Waals surface area (Å²) in [6, 6.07) is -0.659. The Morgan fingerprint density at radius 3 is 2.67 bits per heavy atom. The van der Waals surface area contributed by atoms with Crippen LogP contribution < -0.4 is 10.6 Å². The molecule has 3 amide bonds. The molecule has 1 heterocycles. The molecule has 10 heteroatoms. The Labute approximate surface area is 120 Å². The maximum absolute atomic E-state index is 11.7. The molecule has 0 radical (unpaired) electrons. The highest BCUT2D eigenvalue weighted by atomic mass is 16.5. The van der Waals surface area contributed by atoms with E-state index in [-0.39, 0.29) is 18.8 Å². The normalized spacial score (nSPS) is 10.2. The van der Waals surface area contributed by atoms with Gasteiger partial charge in [0.2, 0.25) is 5.91 Å². The summed E-state index contributed by atoms with van der Waals surface area (Å²) < 4.78 is 5.90. The molecule has 1 aromatic heterocycles. The molecule has 0 aliphatic heterocycles. The van der Waals surface area contributed by atoms with Gasteiger partial charge < -0.3 is 15.2 Å². The molecule has 0 atom stereocenters. The first kappa shape index (κ1) is 16.6. The molecular formula is C11H17N5O5. The van der Waals surface area contributed by atoms with Crippen molar-refractivity contribution < 1.29 is 24.2 Å². The Kier molecular flexibility index (Phi) is 6.27. The van der Waals surface area contributed by atoms with E-state index in [4.69, 9.17) is 9.84 Å². The SMILES string of the molecule is CCc1c(C(=O)O)nnn1CC(=O)NC(=O)NCCOC. The lowest BCUT2D eigenvalue weighted by molar-refractivity contribution is -0.120. The number of carboxylic acid groups (broad SMARTS) is 1. The number of ether oxygens (including phenoxy) is 1. The van der Waals surface area contributed by atoms with Crippen LogP contribution in [0.15, 0.2) is 0 Å². The van der Waals surface area contributed by atoms with Crippen LogP contribution in [0.25, 0.3) is 0 Å². The van der Waals surface area contributed by atoms with Gasteiger partial charge in [-0.3, -0.25) is 10.1 Å². The summed E-state index contributed by atoms with van der Waals surface area (Å²) in [7, 11) is 1.49. The number of hydrogen-bond donors (Lipinski definition) is 3. The molecule has 1 rings (SSSR count). The fraction of sp³-hybridized carbons (Fsp3) is 0.545. The van der Waals surface area contributed by atoms with Gasteiger partial charge in [0.25, 0.3) is 0 Å². The Balaban J connectivity index is 2.59. The lowest BCUT2D eigenvalue weighted by Gasteiger charge is -2.07. The maximum atomic E-state index is 11.7. The molecule has 1 aromatic rings. The third-order valence-corrected chi connectivity index (χ3v) is 2.51. The molecule has 0 aromatic carbocycles. The van der Waals surface area contributed by atoms with Crippen LogP contribution in [-0.2, 0) is 22.5 Å². The zero-order valence-electron chi connectivity index (χ0n) is 11.8. The average molecular weight is 299 g/mol. The maximum Gasteiger partial charge on any atom is 0.358 e. The molecule has 3 N–H and O–H groups in total. The highest BCUT2D eigenvalue weighted by molar-refractivity contribution is 5.94. The van der Waals surface area contributed by atoms with Crippen molar-refractivity contribution in [2.75, 3.05) is 20.3 Å². The summed E-state index contributed by atoms with van der Waals surface area (Å²) in [4.78, 5) is 33.9. The van der Waals surface area contributed by atoms with E-state index in [2.05, 4.69) is 20.9 Å². The topological polar surface area (TPSA) is 135 Å². The van der Waals surface area contributed by atoms with Gasteiger partial charge in [-0.15, -0.1) is 5.10 Å². The quantitative estimate of drug-likeness (QED) is 0.550. The Morgan fingerprint density at radius 2 is 2.10 bits per heavy atom. The number of aromatic nitrogens is 3. The summed E-state index contributed by atoms with van der Waals surface area (Å²) in [5, 5.41) is 20.5. The van der Waals surface area contributed by atoms with Crippen LogP contribution in [-0.4, -0.2) is 58.3 Å². The fourth-order valence-electron chi connectivity index (χ4n) is 1.59. The van der Waals surface area contributed by atoms with E-state index < -0.39 is 17.9 Å². The molecule has 0 spiro atoms. The molecule has 0 unspecified atom stereocenters. The number of carbonyl (C=O) groups is 3. The van der Waals surface area contributed by atoms with Gasteiger partial charge in [0.05, 0.1) is 12.3 Å². The first-order valence-electron chi connectivity index (χ1n) is 6.21. The van der Waals surface area contributed by atoms with E-state index in [1.165, 1.54) is 7.11 Å². The Bertz CT molecular complexity index is 527. The van der Waals surface area contributed by atoms with Crippen LogP contribution in [0.1, 0.15) is 23.1 Å². The zero-order chi connectivity index (χ0) is 15.8. The van der Waals surface area contributed by atoms with Crippen molar-refractivity contribution in [3.63, 3.8) is 0 Å². The highest BCUT2D eigenvalue weighted by Crippen LogP contribution is 2.06. The summed E-state index contributed by atoms with van der Waals surface area (Å²) in [5.41, 5.74) is 0.118. The van der Waals surface area contributed by atoms with Crippen molar-refractivity contribution >= 4 is 17.9 Å². The molecule has 10 nitrogen and oxygen atoms in total. The fourth-order valence-corrected chi connectivity index (χ4v) is 1.59. The van der Waals surface area contributed by atoms with Crippen LogP contribution in [0.3, 0.4) is 0 Å². The third-order valence-electron chi connectivity index (χ3n) is 2.51. The molecule has 0 bridgehead atoms. The summed E-state index contributed by atoms with van der Waals surface area (Å²) in [6.45, 7) is 2.02. The molecule has 0 fully saturated rings. The summed E-state index contributed by atoms with van der Waals surface area (Å²) >= 11 is 0. The first-order valence-corrected chi connectivity index (χ1v) is 6.21. The highest BCUT2D eigenvalue weighted by Gasteiger charge is 2.19. The van der Waals surface area contributed by atoms with Crippen LogP contribution >= 0.6 is 0 Å². The average Bonchev–Trinajstić information content (AvgIpc) is 2.81. The molecule has 0 aliphatic carbocycles. The zero-order valence-corrected chi connectivity index (χ0v) is 11.8. The van der Waals surface area contributed by atoms with Crippen molar-refractivity contribution in [1.82, 2.24) is 25.6 Å². The first-order chi connectivity index (χ1) is 9.99. The molecule has 116 valence electrons. The molecule has 0 aliphatic rings. The van der Waals surface area contributed by atoms with Gasteiger partial charge in [-0.05, 0) is 6.42 Å². The van der Waals surface area contributed by atoms with Gasteiger partial charge in [-0.1, -0.05) is 12.1 Å². The monoisotopic (exact) mass is 299 g/mol. The number of nitrogens with one attached hydrogen (secondary N) is 2. The van der Waals surface area contributed by atoms with Crippen LogP contribution in [0.4, 0.5) is 4.79 Å². The molecular weight excluding hydrogens is 282 g/mol. The van der Waals surface area contributed by atoms with Crippen molar-refractivity contribution in [1.29, 1.82) is 0 Å². The summed E-state index contributed by atoms with van der Waals surface area (Å²) in [5.74, 6) is -1.84. The van der Waals surface area contributed by atoms with Gasteiger partial charge in [-0.25, -0.2) is 14.3 Å². The number of rotatable bonds is 7. The number of carboxylic acids is 1. The van der Waals surface area contributed by atoms with Crippen molar-refractivity contribution in [2.24, 2.45) is 0 Å². The minimum absolute atomic E-state index is 0.199. The van der Waals surface area contributed by atoms with E-state index in [1.54, 1.807) is 6.92 Å². The van der Waals surface area contributed by atoms with Crippen molar-refractivity contribution in [3.05, 3.63) is 11.4 Å². The van der Waals surface area contributed by atoms with Gasteiger partial charge in [-0.2, -0.15) is 0 Å². The van der Waals surface area contributed by atoms with Crippen LogP contribution in [0, 0.1) is 0 Å². The molecule has 0 saturated heterocycles. The van der Waals surface area contributed by atoms with Gasteiger partial charge in [0.15, 0.2) is 5.69 Å². The van der Waals surface area contributed by atoms with Crippen molar-refractivity contribution in [3.8, 4) is 0 Å². The number of nitrogens with zero attached hydrogens (tertiary/aromatic N) is 3. The summed E-state index contributed by atoms with van der Waals surface area (Å²) in [6.07, 6.45) is 0.349. The van der Waals surface area contributed by atoms with Crippen molar-refractivity contribution in [2.45, 2.75) is 19.9 Å².